The number of rotatable bonds is 3. The molecule has 10 heavy (non-hydrogen) atoms. The van der Waals surface area contributed by atoms with Gasteiger partial charge in [-0.1, -0.05) is 36.5 Å². The second kappa shape index (κ2) is 4.38. The molecule has 0 aliphatic carbocycles. The van der Waals surface area contributed by atoms with Crippen LogP contribution in [0.2, 0.25) is 0 Å². The third kappa shape index (κ3) is 2.17. The normalized spacial score (nSPS) is 12.8. The van der Waals surface area contributed by atoms with Crippen LogP contribution in [-0.2, 0) is 0 Å². The minimum absolute atomic E-state index is 0.0369. The highest BCUT2D eigenvalue weighted by atomic mass is 16.4. The fraction of sp³-hybridized carbons (Fsp3) is 0. The summed E-state index contributed by atoms with van der Waals surface area (Å²) in [5.74, 6) is 0.0369. The van der Waals surface area contributed by atoms with Crippen LogP contribution in [0.15, 0.2) is 42.1 Å². The molecule has 0 saturated carbocycles. The lowest BCUT2D eigenvalue weighted by Crippen LogP contribution is -2.12. The Morgan fingerprint density at radius 2 is 2.10 bits per heavy atom. The van der Waals surface area contributed by atoms with Crippen molar-refractivity contribution in [2.75, 3.05) is 0 Å². The molecule has 0 heterocycles. The molecular weight excluding hydrogens is 128 g/mol. The van der Waals surface area contributed by atoms with Crippen LogP contribution in [0, 0.1) is 0 Å². The smallest absolute Gasteiger partial charge is 0.170 e. The van der Waals surface area contributed by atoms with Gasteiger partial charge in [0.2, 0.25) is 0 Å². The average molecular weight is 138 g/mol. The number of hydrogen-bond donors (Lipinski definition) is 2. The Bertz CT molecular complexity index is 192. The second-order valence-electron chi connectivity index (χ2n) is 1.55. The molecule has 0 aromatic rings. The summed E-state index contributed by atoms with van der Waals surface area (Å²) in [5, 5.41) is 11.0. The Kier molecular flexibility index (Phi) is 3.72. The van der Waals surface area contributed by atoms with E-state index in [4.69, 9.17) is 10.9 Å². The molecule has 0 aliphatic heterocycles. The van der Waals surface area contributed by atoms with Gasteiger partial charge >= 0.3 is 0 Å². The third-order valence-electron chi connectivity index (χ3n) is 0.921. The summed E-state index contributed by atoms with van der Waals surface area (Å²) in [5.41, 5.74) is 5.78. The fourth-order valence-corrected chi connectivity index (χ4v) is 0.443. The molecule has 0 bridgehead atoms. The van der Waals surface area contributed by atoms with E-state index < -0.39 is 0 Å². The van der Waals surface area contributed by atoms with E-state index in [1.54, 1.807) is 6.08 Å². The van der Waals surface area contributed by atoms with E-state index in [0.717, 1.165) is 0 Å². The molecule has 0 aromatic heterocycles. The minimum Gasteiger partial charge on any atom is -0.409 e. The fourth-order valence-electron chi connectivity index (χ4n) is 0.443. The van der Waals surface area contributed by atoms with Crippen molar-refractivity contribution in [3.63, 3.8) is 0 Å². The molecule has 0 amide bonds. The molecule has 0 rings (SSSR count). The Balaban J connectivity index is 4.51. The van der Waals surface area contributed by atoms with Crippen LogP contribution in [0.5, 0.6) is 0 Å². The van der Waals surface area contributed by atoms with Crippen molar-refractivity contribution in [1.82, 2.24) is 0 Å². The maximum absolute atomic E-state index is 8.20. The van der Waals surface area contributed by atoms with Gasteiger partial charge in [-0.2, -0.15) is 0 Å². The standard InChI is InChI=1S/C7H10N2O/c1-3-5-6(4-2)7(8)9-10/h3-5,10H,1-2H2,(H2,8,9)/b6-5+. The third-order valence-corrected chi connectivity index (χ3v) is 0.921. The van der Waals surface area contributed by atoms with Crippen LogP contribution in [0.4, 0.5) is 0 Å². The summed E-state index contributed by atoms with van der Waals surface area (Å²) >= 11 is 0. The predicted octanol–water partition coefficient (Wildman–Crippen LogP) is 1.03. The number of hydrogen-bond acceptors (Lipinski definition) is 2. The molecule has 0 aliphatic rings. The van der Waals surface area contributed by atoms with E-state index in [9.17, 15) is 0 Å². The van der Waals surface area contributed by atoms with E-state index in [0.29, 0.717) is 5.57 Å². The van der Waals surface area contributed by atoms with Gasteiger partial charge < -0.3 is 10.9 Å². The maximum atomic E-state index is 8.20. The van der Waals surface area contributed by atoms with Gasteiger partial charge in [0.1, 0.15) is 0 Å². The molecule has 3 N–H and O–H groups in total. The number of nitrogens with zero attached hydrogens (tertiary/aromatic N) is 1. The number of oxime groups is 1. The molecule has 0 fully saturated rings. The Hall–Kier alpha value is -1.51. The van der Waals surface area contributed by atoms with Crippen molar-refractivity contribution in [1.29, 1.82) is 0 Å². The summed E-state index contributed by atoms with van der Waals surface area (Å²) in [6.45, 7) is 6.91. The first-order chi connectivity index (χ1) is 4.76. The average Bonchev–Trinajstić information content (AvgIpc) is 1.99. The highest BCUT2D eigenvalue weighted by molar-refractivity contribution is 5.99. The van der Waals surface area contributed by atoms with Crippen molar-refractivity contribution < 1.29 is 5.21 Å². The Morgan fingerprint density at radius 1 is 1.50 bits per heavy atom. The van der Waals surface area contributed by atoms with E-state index in [1.165, 1.54) is 12.2 Å². The Morgan fingerprint density at radius 3 is 2.40 bits per heavy atom. The SMILES string of the molecule is C=C/C=C(C=C)/C(N)=N/O. The van der Waals surface area contributed by atoms with Gasteiger partial charge in [0.05, 0.1) is 0 Å². The van der Waals surface area contributed by atoms with Gasteiger partial charge in [-0.25, -0.2) is 0 Å². The molecule has 0 saturated heterocycles. The maximum Gasteiger partial charge on any atom is 0.170 e. The van der Waals surface area contributed by atoms with Crippen LogP contribution in [0.1, 0.15) is 0 Å². The monoisotopic (exact) mass is 138 g/mol. The highest BCUT2D eigenvalue weighted by Gasteiger charge is 1.94. The molecule has 0 spiro atoms. The minimum atomic E-state index is 0.0369. The zero-order valence-electron chi connectivity index (χ0n) is 5.62. The van der Waals surface area contributed by atoms with Gasteiger partial charge in [-0.05, 0) is 0 Å². The molecule has 0 unspecified atom stereocenters. The van der Waals surface area contributed by atoms with E-state index in [-0.39, 0.29) is 5.84 Å². The van der Waals surface area contributed by atoms with Crippen LogP contribution in [0.3, 0.4) is 0 Å². The summed E-state index contributed by atoms with van der Waals surface area (Å²) in [6, 6.07) is 0. The van der Waals surface area contributed by atoms with Gasteiger partial charge in [0.25, 0.3) is 0 Å². The first kappa shape index (κ1) is 8.49. The number of nitrogens with two attached hydrogens (primary N) is 1. The van der Waals surface area contributed by atoms with Gasteiger partial charge in [-0.3, -0.25) is 0 Å². The van der Waals surface area contributed by atoms with E-state index >= 15 is 0 Å². The van der Waals surface area contributed by atoms with E-state index in [2.05, 4.69) is 18.3 Å². The molecular formula is C7H10N2O. The largest absolute Gasteiger partial charge is 0.409 e. The molecule has 0 radical (unpaired) electrons. The lowest BCUT2D eigenvalue weighted by molar-refractivity contribution is 0.318. The van der Waals surface area contributed by atoms with Gasteiger partial charge in [-0.15, -0.1) is 0 Å². The van der Waals surface area contributed by atoms with Crippen LogP contribution >= 0.6 is 0 Å². The van der Waals surface area contributed by atoms with Crippen molar-refractivity contribution in [2.24, 2.45) is 10.9 Å². The van der Waals surface area contributed by atoms with Crippen LogP contribution < -0.4 is 5.73 Å². The predicted molar refractivity (Wildman–Crippen MR) is 41.9 cm³/mol. The zero-order valence-corrected chi connectivity index (χ0v) is 5.62. The topological polar surface area (TPSA) is 58.6 Å². The molecule has 54 valence electrons. The van der Waals surface area contributed by atoms with E-state index in [1.807, 2.05) is 0 Å². The number of amidine groups is 1. The first-order valence-corrected chi connectivity index (χ1v) is 2.69. The molecule has 3 heteroatoms. The molecule has 0 atom stereocenters. The van der Waals surface area contributed by atoms with Gasteiger partial charge in [0, 0.05) is 5.57 Å². The van der Waals surface area contributed by atoms with Gasteiger partial charge in [0.15, 0.2) is 5.84 Å². The number of allylic oxidation sites excluding steroid dienone is 2. The second-order valence-corrected chi connectivity index (χ2v) is 1.55. The van der Waals surface area contributed by atoms with Crippen LogP contribution in [-0.4, -0.2) is 11.0 Å². The van der Waals surface area contributed by atoms with Crippen molar-refractivity contribution >= 4 is 5.84 Å². The van der Waals surface area contributed by atoms with Crippen LogP contribution in [0.25, 0.3) is 0 Å². The molecule has 3 nitrogen and oxygen atoms in total. The lowest BCUT2D eigenvalue weighted by atomic mass is 10.2. The summed E-state index contributed by atoms with van der Waals surface area (Å²) in [4.78, 5) is 0. The zero-order chi connectivity index (χ0) is 7.98. The van der Waals surface area contributed by atoms with Crippen molar-refractivity contribution in [3.05, 3.63) is 37.0 Å². The summed E-state index contributed by atoms with van der Waals surface area (Å²) in [7, 11) is 0. The quantitative estimate of drug-likeness (QED) is 0.201. The van der Waals surface area contributed by atoms with Crippen molar-refractivity contribution in [2.45, 2.75) is 0 Å². The Labute approximate surface area is 59.8 Å². The van der Waals surface area contributed by atoms with Crippen molar-refractivity contribution in [3.8, 4) is 0 Å². The molecule has 0 aromatic carbocycles. The summed E-state index contributed by atoms with van der Waals surface area (Å²) in [6.07, 6.45) is 4.62. The highest BCUT2D eigenvalue weighted by Crippen LogP contribution is 1.94. The first-order valence-electron chi connectivity index (χ1n) is 2.69. The lowest BCUT2D eigenvalue weighted by Gasteiger charge is -1.94. The summed E-state index contributed by atoms with van der Waals surface area (Å²) < 4.78 is 0.